The molecule has 0 radical (unpaired) electrons. The van der Waals surface area contributed by atoms with Crippen molar-refractivity contribution in [3.8, 4) is 0 Å². The Bertz CT molecular complexity index is 1510. The second-order valence-corrected chi connectivity index (χ2v) is 28.0. The van der Waals surface area contributed by atoms with Crippen molar-refractivity contribution < 1.29 is 32.9 Å². The fraction of sp³-hybridized carbons (Fsp3) is 0.880. The van der Waals surface area contributed by atoms with E-state index in [0.717, 1.165) is 44.9 Å². The first-order valence-electron chi connectivity index (χ1n) is 37.0. The number of carbonyl (C=O) groups excluding carboxylic acids is 1. The molecular formula is C75H145N2O6P. The van der Waals surface area contributed by atoms with E-state index in [0.29, 0.717) is 17.4 Å². The predicted molar refractivity (Wildman–Crippen MR) is 367 cm³/mol. The number of phosphoric ester groups is 1. The SMILES string of the molecule is CCCCCCCCCCCCCCC/C=C/CC/C=C/CC/C=C/C(O)C(COP(=O)([O-])OCC[N+](C)(C)C)NC(=O)CCCCCCCCCCCCCCCCCCC/C=C\CCCCCCCCCCCCCCCCCCCC. The maximum atomic E-state index is 13.0. The first-order chi connectivity index (χ1) is 41.0. The molecule has 0 aliphatic rings. The molecule has 0 aromatic carbocycles. The third kappa shape index (κ3) is 68.0. The van der Waals surface area contributed by atoms with Crippen LogP contribution in [0.3, 0.4) is 0 Å². The van der Waals surface area contributed by atoms with E-state index in [4.69, 9.17) is 9.05 Å². The molecule has 8 nitrogen and oxygen atoms in total. The molecule has 2 N–H and O–H groups in total. The number of phosphoric acid groups is 1. The van der Waals surface area contributed by atoms with Gasteiger partial charge >= 0.3 is 0 Å². The molecule has 0 aliphatic heterocycles. The van der Waals surface area contributed by atoms with E-state index < -0.39 is 26.6 Å². The van der Waals surface area contributed by atoms with Crippen molar-refractivity contribution in [3.05, 3.63) is 48.6 Å². The molecule has 84 heavy (non-hydrogen) atoms. The summed E-state index contributed by atoms with van der Waals surface area (Å²) in [6.45, 7) is 4.67. The highest BCUT2D eigenvalue weighted by Crippen LogP contribution is 2.38. The molecule has 0 aromatic rings. The Labute approximate surface area is 524 Å². The van der Waals surface area contributed by atoms with Crippen molar-refractivity contribution in [2.24, 2.45) is 0 Å². The van der Waals surface area contributed by atoms with Crippen LogP contribution in [0.1, 0.15) is 373 Å². The summed E-state index contributed by atoms with van der Waals surface area (Å²) in [5, 5.41) is 13.9. The van der Waals surface area contributed by atoms with Gasteiger partial charge in [-0.1, -0.05) is 345 Å². The van der Waals surface area contributed by atoms with Gasteiger partial charge in [-0.15, -0.1) is 0 Å². The summed E-state index contributed by atoms with van der Waals surface area (Å²) in [4.78, 5) is 25.6. The van der Waals surface area contributed by atoms with Crippen LogP contribution in [-0.4, -0.2) is 68.5 Å². The van der Waals surface area contributed by atoms with Gasteiger partial charge in [0.15, 0.2) is 0 Å². The van der Waals surface area contributed by atoms with Crippen LogP contribution in [-0.2, 0) is 18.4 Å². The van der Waals surface area contributed by atoms with Gasteiger partial charge in [-0.2, -0.15) is 0 Å². The van der Waals surface area contributed by atoms with Gasteiger partial charge in [-0.3, -0.25) is 9.36 Å². The molecule has 0 spiro atoms. The number of aliphatic hydroxyl groups is 1. The fourth-order valence-electron chi connectivity index (χ4n) is 11.2. The Kier molecular flexibility index (Phi) is 64.7. The minimum Gasteiger partial charge on any atom is -0.756 e. The molecule has 3 atom stereocenters. The Morgan fingerprint density at radius 1 is 0.405 bits per heavy atom. The summed E-state index contributed by atoms with van der Waals surface area (Å²) >= 11 is 0. The highest BCUT2D eigenvalue weighted by atomic mass is 31.2. The highest BCUT2D eigenvalue weighted by molar-refractivity contribution is 7.45. The zero-order chi connectivity index (χ0) is 61.2. The van der Waals surface area contributed by atoms with Crippen LogP contribution in [0.15, 0.2) is 48.6 Å². The van der Waals surface area contributed by atoms with Crippen LogP contribution < -0.4 is 10.2 Å². The quantitative estimate of drug-likeness (QED) is 0.0272. The summed E-state index contributed by atoms with van der Waals surface area (Å²) in [6.07, 6.45) is 89.8. The van der Waals surface area contributed by atoms with Gasteiger partial charge in [0.2, 0.25) is 5.91 Å². The molecule has 0 saturated carbocycles. The molecule has 0 aromatic heterocycles. The van der Waals surface area contributed by atoms with Gasteiger partial charge in [0, 0.05) is 6.42 Å². The largest absolute Gasteiger partial charge is 0.756 e. The number of nitrogens with zero attached hydrogens (tertiary/aromatic N) is 1. The van der Waals surface area contributed by atoms with E-state index in [2.05, 4.69) is 55.6 Å². The van der Waals surface area contributed by atoms with Gasteiger partial charge in [0.05, 0.1) is 39.9 Å². The Balaban J connectivity index is 3.99. The number of nitrogens with one attached hydrogen (secondary N) is 1. The van der Waals surface area contributed by atoms with Crippen molar-refractivity contribution in [2.45, 2.75) is 386 Å². The van der Waals surface area contributed by atoms with Crippen LogP contribution in [0.25, 0.3) is 0 Å². The Morgan fingerprint density at radius 3 is 0.964 bits per heavy atom. The lowest BCUT2D eigenvalue weighted by Gasteiger charge is -2.29. The molecule has 0 rings (SSSR count). The van der Waals surface area contributed by atoms with E-state index in [9.17, 15) is 19.4 Å². The number of aliphatic hydroxyl groups excluding tert-OH is 1. The average Bonchev–Trinajstić information content (AvgIpc) is 3.56. The molecule has 0 heterocycles. The van der Waals surface area contributed by atoms with E-state index >= 15 is 0 Å². The summed E-state index contributed by atoms with van der Waals surface area (Å²) in [5.74, 6) is -0.205. The monoisotopic (exact) mass is 1200 g/mol. The lowest BCUT2D eigenvalue weighted by Crippen LogP contribution is -2.45. The molecule has 0 saturated heterocycles. The predicted octanol–water partition coefficient (Wildman–Crippen LogP) is 23.2. The van der Waals surface area contributed by atoms with Gasteiger partial charge in [-0.05, 0) is 70.6 Å². The number of rotatable bonds is 69. The zero-order valence-electron chi connectivity index (χ0n) is 56.9. The maximum absolute atomic E-state index is 13.0. The van der Waals surface area contributed by atoms with E-state index in [1.54, 1.807) is 6.08 Å². The molecule has 0 aliphatic carbocycles. The van der Waals surface area contributed by atoms with Gasteiger partial charge in [0.25, 0.3) is 7.82 Å². The number of allylic oxidation sites excluding steroid dienone is 7. The van der Waals surface area contributed by atoms with Crippen LogP contribution >= 0.6 is 7.82 Å². The molecular weight excluding hydrogens is 1060 g/mol. The number of quaternary nitrogens is 1. The van der Waals surface area contributed by atoms with Crippen LogP contribution in [0, 0.1) is 0 Å². The number of carbonyl (C=O) groups is 1. The van der Waals surface area contributed by atoms with Gasteiger partial charge in [0.1, 0.15) is 13.2 Å². The molecule has 496 valence electrons. The second kappa shape index (κ2) is 65.9. The Hall–Kier alpha value is -1.54. The normalized spacial score (nSPS) is 13.8. The molecule has 0 fully saturated rings. The minimum absolute atomic E-state index is 0.00831. The van der Waals surface area contributed by atoms with Crippen molar-refractivity contribution in [1.82, 2.24) is 5.32 Å². The van der Waals surface area contributed by atoms with E-state index in [1.807, 2.05) is 27.2 Å². The minimum atomic E-state index is -4.62. The third-order valence-electron chi connectivity index (χ3n) is 17.0. The van der Waals surface area contributed by atoms with Gasteiger partial charge in [-0.25, -0.2) is 0 Å². The standard InChI is InChI=1S/C75H145N2O6P/c1-6-8-10-12-14-16-18-20-22-24-26-28-30-31-32-33-34-35-36-37-38-39-40-41-42-43-44-45-47-49-51-53-55-57-59-61-63-65-67-69-75(79)76-73(72-83-84(80,81)82-71-70-77(3,4)5)74(78)68-66-64-62-60-58-56-54-52-50-48-46-29-27-25-23-21-19-17-15-13-11-9-7-2/h37-38,50,52,58,60,66,68,73-74,78H,6-36,39-49,51,53-57,59,61-65,67,69-72H2,1-5H3,(H-,76,79,80,81)/b38-37-,52-50+,60-58+,68-66+. The van der Waals surface area contributed by atoms with Crippen LogP contribution in [0.4, 0.5) is 0 Å². The van der Waals surface area contributed by atoms with Crippen molar-refractivity contribution in [2.75, 3.05) is 40.9 Å². The van der Waals surface area contributed by atoms with Crippen molar-refractivity contribution in [1.29, 1.82) is 0 Å². The first kappa shape index (κ1) is 82.5. The zero-order valence-corrected chi connectivity index (χ0v) is 57.8. The summed E-state index contributed by atoms with van der Waals surface area (Å²) < 4.78 is 23.4. The van der Waals surface area contributed by atoms with Crippen LogP contribution in [0.2, 0.25) is 0 Å². The molecule has 0 bridgehead atoms. The maximum Gasteiger partial charge on any atom is 0.268 e. The van der Waals surface area contributed by atoms with Crippen LogP contribution in [0.5, 0.6) is 0 Å². The molecule has 9 heteroatoms. The molecule has 1 amide bonds. The third-order valence-corrected chi connectivity index (χ3v) is 18.0. The van der Waals surface area contributed by atoms with Gasteiger partial charge < -0.3 is 28.8 Å². The summed E-state index contributed by atoms with van der Waals surface area (Å²) in [7, 11) is 1.25. The lowest BCUT2D eigenvalue weighted by molar-refractivity contribution is -0.870. The number of amides is 1. The first-order valence-corrected chi connectivity index (χ1v) is 38.5. The summed E-state index contributed by atoms with van der Waals surface area (Å²) in [5.41, 5.74) is 0. The highest BCUT2D eigenvalue weighted by Gasteiger charge is 2.23. The number of hydrogen-bond acceptors (Lipinski definition) is 6. The summed E-state index contributed by atoms with van der Waals surface area (Å²) in [6, 6.07) is -0.911. The van der Waals surface area contributed by atoms with E-state index in [-0.39, 0.29) is 12.5 Å². The Morgan fingerprint density at radius 2 is 0.667 bits per heavy atom. The number of hydrogen-bond donors (Lipinski definition) is 2. The smallest absolute Gasteiger partial charge is 0.268 e. The van der Waals surface area contributed by atoms with Crippen molar-refractivity contribution >= 4 is 13.7 Å². The lowest BCUT2D eigenvalue weighted by atomic mass is 10.0. The number of unbranched alkanes of at least 4 members (excludes halogenated alkanes) is 50. The fourth-order valence-corrected chi connectivity index (χ4v) is 12.0. The van der Waals surface area contributed by atoms with E-state index in [1.165, 1.54) is 308 Å². The number of likely N-dealkylation sites (N-methyl/N-ethyl adjacent to an activating group) is 1. The van der Waals surface area contributed by atoms with Crippen molar-refractivity contribution in [3.63, 3.8) is 0 Å². The second-order valence-electron chi connectivity index (χ2n) is 26.6. The average molecular weight is 1200 g/mol. The molecule has 3 unspecified atom stereocenters. The topological polar surface area (TPSA) is 108 Å².